The highest BCUT2D eigenvalue weighted by Crippen LogP contribution is 2.45. The highest BCUT2D eigenvalue weighted by molar-refractivity contribution is 5.87. The minimum absolute atomic E-state index is 0.000998. The van der Waals surface area contributed by atoms with Gasteiger partial charge in [-0.05, 0) is 55.4 Å². The van der Waals surface area contributed by atoms with Crippen LogP contribution in [0.25, 0.3) is 0 Å². The molecule has 0 aromatic carbocycles. The van der Waals surface area contributed by atoms with Crippen LogP contribution >= 0.6 is 0 Å². The Bertz CT molecular complexity index is 297. The maximum atomic E-state index is 11.5. The van der Waals surface area contributed by atoms with Crippen molar-refractivity contribution in [3.8, 4) is 0 Å². The van der Waals surface area contributed by atoms with Crippen LogP contribution in [-0.2, 0) is 4.79 Å². The smallest absolute Gasteiger partial charge is 0.243 e. The molecule has 5 atom stereocenters. The van der Waals surface area contributed by atoms with Crippen LogP contribution in [-0.4, -0.2) is 11.9 Å². The number of rotatable bonds is 3. The lowest BCUT2D eigenvalue weighted by Crippen LogP contribution is -2.50. The molecule has 2 nitrogen and oxygen atoms in total. The van der Waals surface area contributed by atoms with Crippen LogP contribution < -0.4 is 5.32 Å². The van der Waals surface area contributed by atoms with Gasteiger partial charge in [0.25, 0.3) is 0 Å². The van der Waals surface area contributed by atoms with E-state index in [0.29, 0.717) is 17.9 Å². The Kier molecular flexibility index (Phi) is 3.90. The van der Waals surface area contributed by atoms with E-state index in [1.807, 2.05) is 0 Å². The molecule has 0 aromatic heterocycles. The van der Waals surface area contributed by atoms with E-state index >= 15 is 0 Å². The standard InChI is InChI=1S/C15H25NO/c1-4-11-7-12-6-10(3)15(13(8-11)9-12)16-14(17)5-2/h5,10-13,15H,2,4,6-9H2,1,3H3,(H,16,17). The fourth-order valence-electron chi connectivity index (χ4n) is 4.06. The second-order valence-electron chi connectivity index (χ2n) is 6.06. The molecule has 1 N–H and O–H groups in total. The molecule has 2 heteroatoms. The molecule has 2 fully saturated rings. The van der Waals surface area contributed by atoms with Gasteiger partial charge in [0.2, 0.25) is 5.91 Å². The van der Waals surface area contributed by atoms with Crippen molar-refractivity contribution in [3.63, 3.8) is 0 Å². The molecule has 1 amide bonds. The summed E-state index contributed by atoms with van der Waals surface area (Å²) in [5.74, 6) is 3.12. The van der Waals surface area contributed by atoms with E-state index < -0.39 is 0 Å². The molecule has 0 radical (unpaired) electrons. The van der Waals surface area contributed by atoms with Crippen molar-refractivity contribution in [3.05, 3.63) is 12.7 Å². The van der Waals surface area contributed by atoms with Gasteiger partial charge in [0.1, 0.15) is 0 Å². The molecule has 2 aliphatic rings. The molecule has 0 aliphatic heterocycles. The van der Waals surface area contributed by atoms with Gasteiger partial charge in [-0.1, -0.05) is 26.8 Å². The van der Waals surface area contributed by atoms with Gasteiger partial charge in [-0.25, -0.2) is 0 Å². The van der Waals surface area contributed by atoms with Crippen molar-refractivity contribution < 1.29 is 4.79 Å². The SMILES string of the molecule is C=CC(=O)NC1C(C)CC2CC(CC)CC1C2. The molecule has 17 heavy (non-hydrogen) atoms. The fourth-order valence-corrected chi connectivity index (χ4v) is 4.06. The highest BCUT2D eigenvalue weighted by atomic mass is 16.1. The molecular formula is C15H25NO. The summed E-state index contributed by atoms with van der Waals surface area (Å²) in [6.45, 7) is 8.14. The van der Waals surface area contributed by atoms with Crippen molar-refractivity contribution in [1.29, 1.82) is 0 Å². The average Bonchev–Trinajstić information content (AvgIpc) is 2.33. The number of carbonyl (C=O) groups is 1. The molecule has 0 heterocycles. The van der Waals surface area contributed by atoms with Gasteiger partial charge < -0.3 is 5.32 Å². The Balaban J connectivity index is 2.04. The van der Waals surface area contributed by atoms with Crippen molar-refractivity contribution in [2.75, 3.05) is 0 Å². The molecule has 0 saturated heterocycles. The number of hydrogen-bond acceptors (Lipinski definition) is 1. The van der Waals surface area contributed by atoms with E-state index in [2.05, 4.69) is 25.7 Å². The normalized spacial score (nSPS) is 40.7. The summed E-state index contributed by atoms with van der Waals surface area (Å²) in [7, 11) is 0. The summed E-state index contributed by atoms with van der Waals surface area (Å²) in [6.07, 6.45) is 8.03. The second-order valence-corrected chi connectivity index (χ2v) is 6.06. The van der Waals surface area contributed by atoms with Crippen molar-refractivity contribution in [2.24, 2.45) is 23.7 Å². The monoisotopic (exact) mass is 235 g/mol. The van der Waals surface area contributed by atoms with Gasteiger partial charge in [-0.2, -0.15) is 0 Å². The molecule has 5 unspecified atom stereocenters. The van der Waals surface area contributed by atoms with E-state index in [1.165, 1.54) is 38.2 Å². The predicted molar refractivity (Wildman–Crippen MR) is 70.5 cm³/mol. The first kappa shape index (κ1) is 12.7. The summed E-state index contributed by atoms with van der Waals surface area (Å²) in [5, 5.41) is 3.16. The van der Waals surface area contributed by atoms with Gasteiger partial charge in [0.05, 0.1) is 0 Å². The maximum Gasteiger partial charge on any atom is 0.243 e. The zero-order valence-electron chi connectivity index (χ0n) is 11.1. The van der Waals surface area contributed by atoms with Gasteiger partial charge in [-0.15, -0.1) is 0 Å². The maximum absolute atomic E-state index is 11.5. The summed E-state index contributed by atoms with van der Waals surface area (Å²) >= 11 is 0. The van der Waals surface area contributed by atoms with Crippen LogP contribution in [0.3, 0.4) is 0 Å². The summed E-state index contributed by atoms with van der Waals surface area (Å²) in [5.41, 5.74) is 0. The third kappa shape index (κ3) is 2.72. The molecule has 96 valence electrons. The van der Waals surface area contributed by atoms with E-state index in [4.69, 9.17) is 0 Å². The van der Waals surface area contributed by atoms with Crippen molar-refractivity contribution >= 4 is 5.91 Å². The topological polar surface area (TPSA) is 29.1 Å². The molecule has 2 rings (SSSR count). The molecular weight excluding hydrogens is 210 g/mol. The van der Waals surface area contributed by atoms with Crippen molar-refractivity contribution in [1.82, 2.24) is 5.32 Å². The number of nitrogens with one attached hydrogen (secondary N) is 1. The van der Waals surface area contributed by atoms with Crippen LogP contribution in [0.2, 0.25) is 0 Å². The zero-order valence-corrected chi connectivity index (χ0v) is 11.1. The number of amides is 1. The van der Waals surface area contributed by atoms with Crippen LogP contribution in [0.5, 0.6) is 0 Å². The minimum atomic E-state index is -0.000998. The summed E-state index contributed by atoms with van der Waals surface area (Å²) in [6, 6.07) is 0.381. The lowest BCUT2D eigenvalue weighted by Gasteiger charge is -2.47. The van der Waals surface area contributed by atoms with E-state index in [0.717, 1.165) is 11.8 Å². The minimum Gasteiger partial charge on any atom is -0.349 e. The van der Waals surface area contributed by atoms with Crippen molar-refractivity contribution in [2.45, 2.75) is 52.0 Å². The predicted octanol–water partition coefficient (Wildman–Crippen LogP) is 3.14. The molecule has 2 saturated carbocycles. The van der Waals surface area contributed by atoms with Crippen LogP contribution in [0.4, 0.5) is 0 Å². The average molecular weight is 235 g/mol. The quantitative estimate of drug-likeness (QED) is 0.748. The molecule has 2 aliphatic carbocycles. The second kappa shape index (κ2) is 5.24. The lowest BCUT2D eigenvalue weighted by molar-refractivity contribution is -0.118. The number of carbonyl (C=O) groups excluding carboxylic acids is 1. The first-order valence-corrected chi connectivity index (χ1v) is 7.07. The molecule has 0 spiro atoms. The van der Waals surface area contributed by atoms with E-state index in [-0.39, 0.29) is 5.91 Å². The summed E-state index contributed by atoms with van der Waals surface area (Å²) < 4.78 is 0. The first-order chi connectivity index (χ1) is 8.13. The van der Waals surface area contributed by atoms with E-state index in [9.17, 15) is 4.79 Å². The number of hydrogen-bond donors (Lipinski definition) is 1. The summed E-state index contributed by atoms with van der Waals surface area (Å²) in [4.78, 5) is 11.5. The van der Waals surface area contributed by atoms with Gasteiger partial charge >= 0.3 is 0 Å². The number of fused-ring (bicyclic) bond motifs is 2. The highest BCUT2D eigenvalue weighted by Gasteiger charge is 2.40. The zero-order chi connectivity index (χ0) is 12.4. The van der Waals surface area contributed by atoms with Crippen LogP contribution in [0, 0.1) is 23.7 Å². The Hall–Kier alpha value is -0.790. The largest absolute Gasteiger partial charge is 0.349 e. The molecule has 2 bridgehead atoms. The Morgan fingerprint density at radius 3 is 2.76 bits per heavy atom. The van der Waals surface area contributed by atoms with Gasteiger partial charge in [-0.3, -0.25) is 4.79 Å². The lowest BCUT2D eigenvalue weighted by atomic mass is 9.62. The van der Waals surface area contributed by atoms with Gasteiger partial charge in [0, 0.05) is 6.04 Å². The Morgan fingerprint density at radius 2 is 2.12 bits per heavy atom. The first-order valence-electron chi connectivity index (χ1n) is 7.07. The molecule has 0 aromatic rings. The third-order valence-corrected chi connectivity index (χ3v) is 4.84. The van der Waals surface area contributed by atoms with Crippen LogP contribution in [0.15, 0.2) is 12.7 Å². The Morgan fingerprint density at radius 1 is 1.35 bits per heavy atom. The van der Waals surface area contributed by atoms with E-state index in [1.54, 1.807) is 0 Å². The van der Waals surface area contributed by atoms with Crippen LogP contribution in [0.1, 0.15) is 46.0 Å². The Labute approximate surface area is 105 Å². The fraction of sp³-hybridized carbons (Fsp3) is 0.800. The van der Waals surface area contributed by atoms with Gasteiger partial charge in [0.15, 0.2) is 0 Å². The third-order valence-electron chi connectivity index (χ3n) is 4.84.